The highest BCUT2D eigenvalue weighted by atomic mass is 35.5. The van der Waals surface area contributed by atoms with Gasteiger partial charge in [0, 0.05) is 11.3 Å². The summed E-state index contributed by atoms with van der Waals surface area (Å²) in [7, 11) is 1.32. The highest BCUT2D eigenvalue weighted by molar-refractivity contribution is 7.16. The zero-order chi connectivity index (χ0) is 9.84. The van der Waals surface area contributed by atoms with Crippen LogP contribution in [0.3, 0.4) is 0 Å². The summed E-state index contributed by atoms with van der Waals surface area (Å²) < 4.78 is 5.20. The van der Waals surface area contributed by atoms with E-state index in [4.69, 9.17) is 17.3 Å². The van der Waals surface area contributed by atoms with Crippen molar-refractivity contribution < 1.29 is 9.53 Å². The van der Waals surface area contributed by atoms with Gasteiger partial charge in [0.2, 0.25) is 0 Å². The fraction of sp³-hybridized carbons (Fsp3) is 0.375. The maximum absolute atomic E-state index is 10.9. The fourth-order valence-electron chi connectivity index (χ4n) is 0.913. The van der Waals surface area contributed by atoms with E-state index in [0.29, 0.717) is 10.8 Å². The second-order valence-electron chi connectivity index (χ2n) is 2.54. The SMILES string of the molecule is COC(=O)[C@H](N)Cc1ccc(Cl)s1. The topological polar surface area (TPSA) is 52.3 Å². The van der Waals surface area contributed by atoms with Gasteiger partial charge in [-0.05, 0) is 12.1 Å². The lowest BCUT2D eigenvalue weighted by molar-refractivity contribution is -0.142. The van der Waals surface area contributed by atoms with Crippen molar-refractivity contribution in [3.8, 4) is 0 Å². The standard InChI is InChI=1S/C8H10ClNO2S/c1-12-8(11)6(10)4-5-2-3-7(9)13-5/h2-3,6H,4,10H2,1H3/t6-/m1/s1. The molecule has 0 aromatic carbocycles. The molecule has 72 valence electrons. The van der Waals surface area contributed by atoms with Gasteiger partial charge in [0.25, 0.3) is 0 Å². The lowest BCUT2D eigenvalue weighted by Crippen LogP contribution is -2.33. The zero-order valence-electron chi connectivity index (χ0n) is 7.12. The van der Waals surface area contributed by atoms with Gasteiger partial charge >= 0.3 is 5.97 Å². The molecule has 0 fully saturated rings. The monoisotopic (exact) mass is 219 g/mol. The third-order valence-electron chi connectivity index (χ3n) is 1.55. The number of carbonyl (C=O) groups excluding carboxylic acids is 1. The molecule has 1 rings (SSSR count). The Morgan fingerprint density at radius 1 is 1.77 bits per heavy atom. The summed E-state index contributed by atoms with van der Waals surface area (Å²) in [5.74, 6) is -0.399. The van der Waals surface area contributed by atoms with Crippen molar-refractivity contribution in [3.05, 3.63) is 21.3 Å². The summed E-state index contributed by atoms with van der Waals surface area (Å²) in [6, 6.07) is 3.04. The molecule has 1 aromatic heterocycles. The quantitative estimate of drug-likeness (QED) is 0.783. The van der Waals surface area contributed by atoms with Gasteiger partial charge in [-0.15, -0.1) is 11.3 Å². The van der Waals surface area contributed by atoms with Crippen LogP contribution in [0.2, 0.25) is 4.34 Å². The van der Waals surface area contributed by atoms with E-state index in [0.717, 1.165) is 4.88 Å². The normalized spacial score (nSPS) is 12.5. The molecule has 0 aliphatic rings. The molecular formula is C8H10ClNO2S. The van der Waals surface area contributed by atoms with Gasteiger partial charge in [0.05, 0.1) is 11.4 Å². The summed E-state index contributed by atoms with van der Waals surface area (Å²) in [4.78, 5) is 11.9. The minimum atomic E-state index is -0.597. The predicted octanol–water partition coefficient (Wildman–Crippen LogP) is 1.44. The molecule has 0 spiro atoms. The first-order valence-corrected chi connectivity index (χ1v) is 4.90. The summed E-state index contributed by atoms with van der Waals surface area (Å²) in [6.07, 6.45) is 0.476. The molecule has 0 aliphatic heterocycles. The Hall–Kier alpha value is -0.580. The number of ether oxygens (including phenoxy) is 1. The van der Waals surface area contributed by atoms with Crippen LogP contribution in [-0.2, 0) is 16.0 Å². The van der Waals surface area contributed by atoms with E-state index in [1.807, 2.05) is 6.07 Å². The molecule has 2 N–H and O–H groups in total. The maximum atomic E-state index is 10.9. The molecule has 3 nitrogen and oxygen atoms in total. The Morgan fingerprint density at radius 3 is 2.92 bits per heavy atom. The Balaban J connectivity index is 2.54. The highest BCUT2D eigenvalue weighted by Gasteiger charge is 2.14. The number of methoxy groups -OCH3 is 1. The van der Waals surface area contributed by atoms with E-state index >= 15 is 0 Å². The van der Waals surface area contributed by atoms with Gasteiger partial charge in [-0.3, -0.25) is 4.79 Å². The molecule has 0 amide bonds. The number of rotatable bonds is 3. The average Bonchev–Trinajstić information content (AvgIpc) is 2.49. The lowest BCUT2D eigenvalue weighted by Gasteiger charge is -2.06. The second kappa shape index (κ2) is 4.60. The van der Waals surface area contributed by atoms with Crippen molar-refractivity contribution in [2.45, 2.75) is 12.5 Å². The number of hydrogen-bond acceptors (Lipinski definition) is 4. The number of hydrogen-bond donors (Lipinski definition) is 1. The van der Waals surface area contributed by atoms with Gasteiger partial charge in [-0.1, -0.05) is 11.6 Å². The van der Waals surface area contributed by atoms with Crippen LogP contribution in [0.25, 0.3) is 0 Å². The van der Waals surface area contributed by atoms with E-state index < -0.39 is 12.0 Å². The number of esters is 1. The molecular weight excluding hydrogens is 210 g/mol. The van der Waals surface area contributed by atoms with Crippen LogP contribution in [0.15, 0.2) is 12.1 Å². The highest BCUT2D eigenvalue weighted by Crippen LogP contribution is 2.22. The van der Waals surface area contributed by atoms with Crippen LogP contribution in [0.4, 0.5) is 0 Å². The lowest BCUT2D eigenvalue weighted by atomic mass is 10.2. The molecule has 1 aromatic rings. The van der Waals surface area contributed by atoms with E-state index in [1.165, 1.54) is 18.4 Å². The smallest absolute Gasteiger partial charge is 0.323 e. The Bertz CT molecular complexity index is 300. The third kappa shape index (κ3) is 2.99. The summed E-state index contributed by atoms with van der Waals surface area (Å²) in [6.45, 7) is 0. The van der Waals surface area contributed by atoms with Gasteiger partial charge in [0.15, 0.2) is 0 Å². The van der Waals surface area contributed by atoms with Crippen LogP contribution in [0.5, 0.6) is 0 Å². The van der Waals surface area contributed by atoms with Crippen molar-refractivity contribution >= 4 is 28.9 Å². The van der Waals surface area contributed by atoms with E-state index in [-0.39, 0.29) is 0 Å². The number of carbonyl (C=O) groups is 1. The third-order valence-corrected chi connectivity index (χ3v) is 2.81. The summed E-state index contributed by atoms with van der Waals surface area (Å²) in [5, 5.41) is 0. The van der Waals surface area contributed by atoms with Gasteiger partial charge < -0.3 is 10.5 Å². The van der Waals surface area contributed by atoms with Crippen molar-refractivity contribution in [1.29, 1.82) is 0 Å². The molecule has 1 atom stereocenters. The van der Waals surface area contributed by atoms with Crippen molar-refractivity contribution in [2.75, 3.05) is 7.11 Å². The predicted molar refractivity (Wildman–Crippen MR) is 53.0 cm³/mol. The van der Waals surface area contributed by atoms with Crippen LogP contribution in [-0.4, -0.2) is 19.1 Å². The Kier molecular flexibility index (Phi) is 3.71. The van der Waals surface area contributed by atoms with E-state index in [2.05, 4.69) is 4.74 Å². The number of thiophene rings is 1. The van der Waals surface area contributed by atoms with E-state index in [9.17, 15) is 4.79 Å². The van der Waals surface area contributed by atoms with Crippen molar-refractivity contribution in [1.82, 2.24) is 0 Å². The molecule has 1 heterocycles. The minimum Gasteiger partial charge on any atom is -0.468 e. The fourth-order valence-corrected chi connectivity index (χ4v) is 2.06. The minimum absolute atomic E-state index is 0.399. The average molecular weight is 220 g/mol. The first-order chi connectivity index (χ1) is 6.13. The molecule has 0 saturated heterocycles. The first kappa shape index (κ1) is 10.5. The van der Waals surface area contributed by atoms with Crippen LogP contribution >= 0.6 is 22.9 Å². The number of nitrogens with two attached hydrogens (primary N) is 1. The Labute approximate surface area is 85.4 Å². The maximum Gasteiger partial charge on any atom is 0.323 e. The van der Waals surface area contributed by atoms with Gasteiger partial charge in [-0.25, -0.2) is 0 Å². The molecule has 0 saturated carbocycles. The van der Waals surface area contributed by atoms with Crippen LogP contribution < -0.4 is 5.73 Å². The van der Waals surface area contributed by atoms with Gasteiger partial charge in [0.1, 0.15) is 6.04 Å². The molecule has 0 radical (unpaired) electrons. The molecule has 5 heteroatoms. The zero-order valence-corrected chi connectivity index (χ0v) is 8.69. The number of halogens is 1. The van der Waals surface area contributed by atoms with Gasteiger partial charge in [-0.2, -0.15) is 0 Å². The van der Waals surface area contributed by atoms with Crippen LogP contribution in [0.1, 0.15) is 4.88 Å². The Morgan fingerprint density at radius 2 is 2.46 bits per heavy atom. The summed E-state index contributed by atoms with van der Waals surface area (Å²) in [5.41, 5.74) is 5.56. The summed E-state index contributed by atoms with van der Waals surface area (Å²) >= 11 is 7.14. The largest absolute Gasteiger partial charge is 0.468 e. The van der Waals surface area contributed by atoms with Crippen molar-refractivity contribution in [3.63, 3.8) is 0 Å². The second-order valence-corrected chi connectivity index (χ2v) is 4.34. The van der Waals surface area contributed by atoms with Crippen molar-refractivity contribution in [2.24, 2.45) is 5.73 Å². The molecule has 0 aliphatic carbocycles. The van der Waals surface area contributed by atoms with E-state index in [1.54, 1.807) is 6.07 Å². The molecule has 0 bridgehead atoms. The molecule has 13 heavy (non-hydrogen) atoms. The first-order valence-electron chi connectivity index (χ1n) is 3.71. The molecule has 0 unspecified atom stereocenters. The van der Waals surface area contributed by atoms with Crippen LogP contribution in [0, 0.1) is 0 Å².